The summed E-state index contributed by atoms with van der Waals surface area (Å²) in [5.74, 6) is -0.512. The molecule has 0 saturated carbocycles. The standard InChI is InChI=1S/C9H12N2O3/c1-14-9(13)7-2-4-11(5-3-10)8(12)6-7/h2,4,6H,3,5,10H2,1H3. The third-order valence-electron chi connectivity index (χ3n) is 1.79. The molecule has 0 fully saturated rings. The van der Waals surface area contributed by atoms with Gasteiger partial charge < -0.3 is 15.0 Å². The highest BCUT2D eigenvalue weighted by molar-refractivity contribution is 5.88. The highest BCUT2D eigenvalue weighted by Gasteiger charge is 2.06. The van der Waals surface area contributed by atoms with Crippen molar-refractivity contribution in [3.63, 3.8) is 0 Å². The van der Waals surface area contributed by atoms with Gasteiger partial charge in [0.1, 0.15) is 0 Å². The topological polar surface area (TPSA) is 74.3 Å². The van der Waals surface area contributed by atoms with Gasteiger partial charge in [-0.15, -0.1) is 0 Å². The van der Waals surface area contributed by atoms with Gasteiger partial charge in [-0.05, 0) is 6.07 Å². The summed E-state index contributed by atoms with van der Waals surface area (Å²) >= 11 is 0. The summed E-state index contributed by atoms with van der Waals surface area (Å²) in [5, 5.41) is 0. The summed E-state index contributed by atoms with van der Waals surface area (Å²) in [6, 6.07) is 2.77. The summed E-state index contributed by atoms with van der Waals surface area (Å²) in [6.07, 6.45) is 1.53. The first-order valence-corrected chi connectivity index (χ1v) is 4.18. The number of nitrogens with two attached hydrogens (primary N) is 1. The summed E-state index contributed by atoms with van der Waals surface area (Å²) in [4.78, 5) is 22.4. The van der Waals surface area contributed by atoms with Crippen molar-refractivity contribution < 1.29 is 9.53 Å². The minimum Gasteiger partial charge on any atom is -0.465 e. The average Bonchev–Trinajstić information content (AvgIpc) is 2.20. The molecule has 0 spiro atoms. The van der Waals surface area contributed by atoms with Crippen LogP contribution in [-0.2, 0) is 11.3 Å². The van der Waals surface area contributed by atoms with Crippen molar-refractivity contribution in [2.24, 2.45) is 5.73 Å². The quantitative estimate of drug-likeness (QED) is 0.667. The van der Waals surface area contributed by atoms with E-state index in [1.165, 1.54) is 30.0 Å². The molecule has 0 unspecified atom stereocenters. The predicted octanol–water partition coefficient (Wildman–Crippen LogP) is -0.406. The van der Waals surface area contributed by atoms with Gasteiger partial charge >= 0.3 is 5.97 Å². The van der Waals surface area contributed by atoms with Crippen molar-refractivity contribution >= 4 is 5.97 Å². The minimum atomic E-state index is -0.512. The maximum atomic E-state index is 11.3. The number of methoxy groups -OCH3 is 1. The monoisotopic (exact) mass is 196 g/mol. The molecule has 0 saturated heterocycles. The SMILES string of the molecule is COC(=O)c1ccn(CCN)c(=O)c1. The molecular weight excluding hydrogens is 184 g/mol. The van der Waals surface area contributed by atoms with E-state index in [0.717, 1.165) is 0 Å². The molecule has 0 atom stereocenters. The van der Waals surface area contributed by atoms with E-state index in [1.54, 1.807) is 0 Å². The van der Waals surface area contributed by atoms with Crippen molar-refractivity contribution in [2.75, 3.05) is 13.7 Å². The van der Waals surface area contributed by atoms with Crippen LogP contribution in [0.2, 0.25) is 0 Å². The lowest BCUT2D eigenvalue weighted by Gasteiger charge is -2.03. The van der Waals surface area contributed by atoms with Crippen molar-refractivity contribution in [2.45, 2.75) is 6.54 Å². The van der Waals surface area contributed by atoms with E-state index in [0.29, 0.717) is 13.1 Å². The van der Waals surface area contributed by atoms with Crippen molar-refractivity contribution in [3.05, 3.63) is 34.2 Å². The van der Waals surface area contributed by atoms with Gasteiger partial charge in [-0.1, -0.05) is 0 Å². The Morgan fingerprint density at radius 3 is 2.86 bits per heavy atom. The molecule has 1 aromatic heterocycles. The van der Waals surface area contributed by atoms with E-state index in [2.05, 4.69) is 4.74 Å². The fraction of sp³-hybridized carbons (Fsp3) is 0.333. The van der Waals surface area contributed by atoms with Crippen LogP contribution in [0.4, 0.5) is 0 Å². The zero-order chi connectivity index (χ0) is 10.6. The van der Waals surface area contributed by atoms with Gasteiger partial charge in [0.05, 0.1) is 12.7 Å². The third-order valence-corrected chi connectivity index (χ3v) is 1.79. The summed E-state index contributed by atoms with van der Waals surface area (Å²) in [7, 11) is 1.27. The van der Waals surface area contributed by atoms with E-state index in [-0.39, 0.29) is 11.1 Å². The molecule has 0 aliphatic rings. The number of carbonyl (C=O) groups is 1. The average molecular weight is 196 g/mol. The molecule has 1 heterocycles. The second-order valence-corrected chi connectivity index (χ2v) is 2.73. The zero-order valence-electron chi connectivity index (χ0n) is 7.90. The molecule has 0 aliphatic heterocycles. The van der Waals surface area contributed by atoms with Crippen LogP contribution in [0.25, 0.3) is 0 Å². The fourth-order valence-electron chi connectivity index (χ4n) is 1.08. The second-order valence-electron chi connectivity index (χ2n) is 2.73. The van der Waals surface area contributed by atoms with Gasteiger partial charge in [0, 0.05) is 25.4 Å². The summed E-state index contributed by atoms with van der Waals surface area (Å²) in [5.41, 5.74) is 5.31. The molecule has 76 valence electrons. The van der Waals surface area contributed by atoms with Crippen molar-refractivity contribution in [1.82, 2.24) is 4.57 Å². The molecule has 14 heavy (non-hydrogen) atoms. The largest absolute Gasteiger partial charge is 0.465 e. The van der Waals surface area contributed by atoms with E-state index in [9.17, 15) is 9.59 Å². The first-order chi connectivity index (χ1) is 6.69. The minimum absolute atomic E-state index is 0.252. The highest BCUT2D eigenvalue weighted by atomic mass is 16.5. The van der Waals surface area contributed by atoms with Crippen LogP contribution in [-0.4, -0.2) is 24.2 Å². The molecule has 0 aliphatic carbocycles. The Morgan fingerprint density at radius 2 is 2.36 bits per heavy atom. The number of aromatic nitrogens is 1. The molecular formula is C9H12N2O3. The normalized spacial score (nSPS) is 9.86. The van der Waals surface area contributed by atoms with E-state index in [1.807, 2.05) is 0 Å². The highest BCUT2D eigenvalue weighted by Crippen LogP contribution is 1.96. The Kier molecular flexibility index (Phi) is 3.41. The fourth-order valence-corrected chi connectivity index (χ4v) is 1.08. The van der Waals surface area contributed by atoms with Gasteiger partial charge in [0.2, 0.25) is 0 Å². The lowest BCUT2D eigenvalue weighted by molar-refractivity contribution is 0.0600. The maximum Gasteiger partial charge on any atom is 0.338 e. The molecule has 5 nitrogen and oxygen atoms in total. The Morgan fingerprint density at radius 1 is 1.64 bits per heavy atom. The van der Waals surface area contributed by atoms with Gasteiger partial charge in [0.15, 0.2) is 0 Å². The Labute approximate surface area is 81.1 Å². The van der Waals surface area contributed by atoms with Gasteiger partial charge in [-0.3, -0.25) is 4.79 Å². The predicted molar refractivity (Wildman–Crippen MR) is 51.1 cm³/mol. The molecule has 0 amide bonds. The Balaban J connectivity index is 3.00. The maximum absolute atomic E-state index is 11.3. The van der Waals surface area contributed by atoms with Crippen molar-refractivity contribution in [3.8, 4) is 0 Å². The van der Waals surface area contributed by atoms with Crippen LogP contribution in [0.5, 0.6) is 0 Å². The Hall–Kier alpha value is -1.62. The van der Waals surface area contributed by atoms with Gasteiger partial charge in [0.25, 0.3) is 5.56 Å². The van der Waals surface area contributed by atoms with Crippen LogP contribution >= 0.6 is 0 Å². The summed E-state index contributed by atoms with van der Waals surface area (Å²) < 4.78 is 5.92. The number of nitrogens with zero attached hydrogens (tertiary/aromatic N) is 1. The lowest BCUT2D eigenvalue weighted by Crippen LogP contribution is -2.24. The Bertz CT molecular complexity index is 384. The number of ether oxygens (including phenoxy) is 1. The van der Waals surface area contributed by atoms with Gasteiger partial charge in [-0.2, -0.15) is 0 Å². The first-order valence-electron chi connectivity index (χ1n) is 4.18. The zero-order valence-corrected chi connectivity index (χ0v) is 7.90. The number of pyridine rings is 1. The summed E-state index contributed by atoms with van der Waals surface area (Å²) in [6.45, 7) is 0.831. The molecule has 5 heteroatoms. The number of hydrogen-bond donors (Lipinski definition) is 1. The van der Waals surface area contributed by atoms with Crippen molar-refractivity contribution in [1.29, 1.82) is 0 Å². The van der Waals surface area contributed by atoms with E-state index >= 15 is 0 Å². The van der Waals surface area contributed by atoms with Crippen LogP contribution in [0.3, 0.4) is 0 Å². The van der Waals surface area contributed by atoms with E-state index in [4.69, 9.17) is 5.73 Å². The molecule has 1 rings (SSSR count). The molecule has 0 aromatic carbocycles. The van der Waals surface area contributed by atoms with Crippen LogP contribution in [0.15, 0.2) is 23.1 Å². The number of esters is 1. The van der Waals surface area contributed by atoms with Gasteiger partial charge in [-0.25, -0.2) is 4.79 Å². The molecule has 0 radical (unpaired) electrons. The molecule has 0 bridgehead atoms. The number of carbonyl (C=O) groups excluding carboxylic acids is 1. The van der Waals surface area contributed by atoms with Crippen LogP contribution < -0.4 is 11.3 Å². The second kappa shape index (κ2) is 4.57. The van der Waals surface area contributed by atoms with Crippen LogP contribution in [0.1, 0.15) is 10.4 Å². The first kappa shape index (κ1) is 10.5. The third kappa shape index (κ3) is 2.20. The molecule has 2 N–H and O–H groups in total. The smallest absolute Gasteiger partial charge is 0.338 e. The molecule has 1 aromatic rings. The van der Waals surface area contributed by atoms with Crippen LogP contribution in [0, 0.1) is 0 Å². The van der Waals surface area contributed by atoms with E-state index < -0.39 is 5.97 Å². The number of rotatable bonds is 3. The number of hydrogen-bond acceptors (Lipinski definition) is 4. The lowest BCUT2D eigenvalue weighted by atomic mass is 10.3.